The second-order valence-electron chi connectivity index (χ2n) is 9.92. The Hall–Kier alpha value is -3.30. The molecule has 1 rings (SSSR count). The summed E-state index contributed by atoms with van der Waals surface area (Å²) in [7, 11) is 3.25. The Morgan fingerprint density at radius 1 is 1.06 bits per heavy atom. The normalized spacial score (nSPS) is 16.1. The van der Waals surface area contributed by atoms with Crippen molar-refractivity contribution in [3.05, 3.63) is 36.5 Å². The predicted octanol–water partition coefficient (Wildman–Crippen LogP) is 4.42. The Bertz CT molecular complexity index is 850. The summed E-state index contributed by atoms with van der Waals surface area (Å²) in [4.78, 5) is 48.4. The maximum absolute atomic E-state index is 13.3. The molecule has 0 N–H and O–H groups in total. The SMILES string of the molecule is C=C/C=C\C(=C/C)CN(C(=O)OC(C)(C)C)C(=NC(=O)OC(C)(C)C)N1CN(C)C(=O)N(C)C1. The van der Waals surface area contributed by atoms with Crippen LogP contribution in [0.15, 0.2) is 41.4 Å². The number of aliphatic imine (C=N–C) groups is 1. The molecule has 0 aliphatic carbocycles. The van der Waals surface area contributed by atoms with Gasteiger partial charge in [0.1, 0.15) is 11.2 Å². The zero-order chi connectivity index (χ0) is 26.3. The van der Waals surface area contributed by atoms with Gasteiger partial charge in [-0.05, 0) is 54.0 Å². The zero-order valence-corrected chi connectivity index (χ0v) is 21.9. The number of urea groups is 1. The van der Waals surface area contributed by atoms with Crippen molar-refractivity contribution in [2.75, 3.05) is 34.0 Å². The highest BCUT2D eigenvalue weighted by atomic mass is 16.6. The number of carbonyl (C=O) groups is 3. The van der Waals surface area contributed by atoms with E-state index in [1.54, 1.807) is 78.8 Å². The molecule has 4 amide bonds. The molecule has 1 heterocycles. The van der Waals surface area contributed by atoms with Gasteiger partial charge in [0.25, 0.3) is 0 Å². The molecule has 34 heavy (non-hydrogen) atoms. The molecule has 0 unspecified atom stereocenters. The van der Waals surface area contributed by atoms with Crippen LogP contribution >= 0.6 is 0 Å². The number of guanidine groups is 1. The van der Waals surface area contributed by atoms with Crippen LogP contribution in [-0.2, 0) is 9.47 Å². The summed E-state index contributed by atoms with van der Waals surface area (Å²) in [6.45, 7) is 16.2. The van der Waals surface area contributed by atoms with Crippen molar-refractivity contribution in [3.8, 4) is 0 Å². The molecular formula is C24H39N5O5. The Morgan fingerprint density at radius 3 is 2.03 bits per heavy atom. The third-order valence-electron chi connectivity index (χ3n) is 4.30. The molecule has 1 aliphatic heterocycles. The molecule has 0 spiro atoms. The first-order chi connectivity index (χ1) is 15.6. The van der Waals surface area contributed by atoms with Gasteiger partial charge in [-0.25, -0.2) is 19.3 Å². The average molecular weight is 478 g/mol. The molecule has 1 saturated heterocycles. The minimum Gasteiger partial charge on any atom is -0.443 e. The van der Waals surface area contributed by atoms with E-state index >= 15 is 0 Å². The van der Waals surface area contributed by atoms with Crippen molar-refractivity contribution in [2.45, 2.75) is 59.7 Å². The van der Waals surface area contributed by atoms with Crippen LogP contribution in [0.3, 0.4) is 0 Å². The molecule has 0 aromatic carbocycles. The van der Waals surface area contributed by atoms with Gasteiger partial charge in [-0.2, -0.15) is 0 Å². The summed E-state index contributed by atoms with van der Waals surface area (Å²) in [5, 5.41) is 0. The minimum atomic E-state index is -0.859. The van der Waals surface area contributed by atoms with Gasteiger partial charge in [0, 0.05) is 14.1 Å². The maximum atomic E-state index is 13.3. The van der Waals surface area contributed by atoms with E-state index in [2.05, 4.69) is 11.6 Å². The zero-order valence-electron chi connectivity index (χ0n) is 21.9. The number of amides is 4. The molecular weight excluding hydrogens is 438 g/mol. The molecule has 0 bridgehead atoms. The Balaban J connectivity index is 3.59. The van der Waals surface area contributed by atoms with Crippen LogP contribution < -0.4 is 0 Å². The van der Waals surface area contributed by atoms with Gasteiger partial charge >= 0.3 is 18.2 Å². The number of rotatable bonds is 4. The number of allylic oxidation sites excluding steroid dienone is 3. The number of nitrogens with zero attached hydrogens (tertiary/aromatic N) is 5. The first-order valence-electron chi connectivity index (χ1n) is 11.1. The van der Waals surface area contributed by atoms with E-state index in [1.807, 2.05) is 13.0 Å². The number of carbonyl (C=O) groups excluding carboxylic acids is 3. The summed E-state index contributed by atoms with van der Waals surface area (Å²) in [5.74, 6) is 0.0149. The summed E-state index contributed by atoms with van der Waals surface area (Å²) >= 11 is 0. The van der Waals surface area contributed by atoms with Crippen molar-refractivity contribution in [2.24, 2.45) is 4.99 Å². The largest absolute Gasteiger partial charge is 0.443 e. The summed E-state index contributed by atoms with van der Waals surface area (Å²) in [5.41, 5.74) is -0.808. The van der Waals surface area contributed by atoms with Crippen LogP contribution in [0.5, 0.6) is 0 Å². The third kappa shape index (κ3) is 9.29. The molecule has 10 heteroatoms. The molecule has 0 atom stereocenters. The van der Waals surface area contributed by atoms with Crippen molar-refractivity contribution in [3.63, 3.8) is 0 Å². The molecule has 190 valence electrons. The fourth-order valence-electron chi connectivity index (χ4n) is 2.91. The molecule has 0 radical (unpaired) electrons. The second kappa shape index (κ2) is 11.7. The van der Waals surface area contributed by atoms with Gasteiger partial charge in [-0.1, -0.05) is 30.9 Å². The highest BCUT2D eigenvalue weighted by Gasteiger charge is 2.35. The van der Waals surface area contributed by atoms with Gasteiger partial charge in [-0.15, -0.1) is 4.99 Å². The number of hydrogen-bond donors (Lipinski definition) is 0. The lowest BCUT2D eigenvalue weighted by atomic mass is 10.2. The Labute approximate surface area is 203 Å². The Morgan fingerprint density at radius 2 is 1.59 bits per heavy atom. The first-order valence-corrected chi connectivity index (χ1v) is 11.1. The van der Waals surface area contributed by atoms with Crippen LogP contribution in [0.2, 0.25) is 0 Å². The maximum Gasteiger partial charge on any atom is 0.437 e. The highest BCUT2D eigenvalue weighted by Crippen LogP contribution is 2.18. The third-order valence-corrected chi connectivity index (χ3v) is 4.30. The van der Waals surface area contributed by atoms with Crippen LogP contribution in [0.1, 0.15) is 48.5 Å². The quantitative estimate of drug-likeness (QED) is 0.338. The fourth-order valence-corrected chi connectivity index (χ4v) is 2.91. The summed E-state index contributed by atoms with van der Waals surface area (Å²) in [6.07, 6.45) is 5.45. The lowest BCUT2D eigenvalue weighted by molar-refractivity contribution is 0.0327. The van der Waals surface area contributed by atoms with Gasteiger partial charge < -0.3 is 24.2 Å². The minimum absolute atomic E-state index is 0.0149. The van der Waals surface area contributed by atoms with E-state index in [0.29, 0.717) is 0 Å². The van der Waals surface area contributed by atoms with Gasteiger partial charge in [0.05, 0.1) is 19.9 Å². The van der Waals surface area contributed by atoms with Crippen LogP contribution in [0, 0.1) is 0 Å². The van der Waals surface area contributed by atoms with E-state index in [1.165, 1.54) is 14.7 Å². The van der Waals surface area contributed by atoms with Crippen molar-refractivity contribution >= 4 is 24.2 Å². The topological polar surface area (TPSA) is 95.0 Å². The predicted molar refractivity (Wildman–Crippen MR) is 132 cm³/mol. The van der Waals surface area contributed by atoms with Crippen molar-refractivity contribution in [1.29, 1.82) is 0 Å². The van der Waals surface area contributed by atoms with E-state index in [4.69, 9.17) is 9.47 Å². The second-order valence-corrected chi connectivity index (χ2v) is 9.92. The van der Waals surface area contributed by atoms with Crippen LogP contribution in [-0.4, -0.2) is 89.0 Å². The molecule has 1 aliphatic rings. The van der Waals surface area contributed by atoms with Crippen molar-refractivity contribution < 1.29 is 23.9 Å². The highest BCUT2D eigenvalue weighted by molar-refractivity contribution is 5.99. The molecule has 10 nitrogen and oxygen atoms in total. The lowest BCUT2D eigenvalue weighted by Crippen LogP contribution is -2.61. The lowest BCUT2D eigenvalue weighted by Gasteiger charge is -2.42. The van der Waals surface area contributed by atoms with Crippen LogP contribution in [0.4, 0.5) is 14.4 Å². The Kier molecular flexibility index (Phi) is 9.90. The van der Waals surface area contributed by atoms with Crippen LogP contribution in [0.25, 0.3) is 0 Å². The van der Waals surface area contributed by atoms with E-state index in [0.717, 1.165) is 5.57 Å². The van der Waals surface area contributed by atoms with E-state index in [-0.39, 0.29) is 31.9 Å². The van der Waals surface area contributed by atoms with E-state index < -0.39 is 23.4 Å². The summed E-state index contributed by atoms with van der Waals surface area (Å²) < 4.78 is 11.0. The molecule has 0 saturated carbocycles. The van der Waals surface area contributed by atoms with E-state index in [9.17, 15) is 14.4 Å². The smallest absolute Gasteiger partial charge is 0.437 e. The monoisotopic (exact) mass is 477 g/mol. The summed E-state index contributed by atoms with van der Waals surface area (Å²) in [6, 6.07) is -0.195. The van der Waals surface area contributed by atoms with Gasteiger partial charge in [-0.3, -0.25) is 0 Å². The average Bonchev–Trinajstić information content (AvgIpc) is 2.67. The fraction of sp³-hybridized carbons (Fsp3) is 0.583. The first kappa shape index (κ1) is 28.7. The number of ether oxygens (including phenoxy) is 2. The van der Waals surface area contributed by atoms with Gasteiger partial charge in [0.2, 0.25) is 5.96 Å². The molecule has 0 aromatic rings. The molecule has 0 aromatic heterocycles. The molecule has 1 fully saturated rings. The van der Waals surface area contributed by atoms with Crippen molar-refractivity contribution in [1.82, 2.24) is 19.6 Å². The van der Waals surface area contributed by atoms with Gasteiger partial charge in [0.15, 0.2) is 0 Å². The standard InChI is InChI=1S/C24H39N5O5/c1-11-13-14-18(12-2)15-29(22(32)34-24(6,7)8)19(25-20(30)33-23(3,4)5)28-16-26(9)21(31)27(10)17-28/h11-14H,1,15-17H2,2-10H3/b14-13-,18-12+,25-19?. The number of hydrogen-bond acceptors (Lipinski definition) is 5.